The largest absolute Gasteiger partial charge is 0.416 e. The third kappa shape index (κ3) is 4.48. The number of ether oxygens (including phenoxy) is 1. The molecule has 0 fully saturated rings. The van der Waals surface area contributed by atoms with Crippen molar-refractivity contribution < 1.29 is 22.7 Å². The van der Waals surface area contributed by atoms with E-state index in [9.17, 15) is 22.8 Å². The maximum Gasteiger partial charge on any atom is 0.416 e. The molecule has 0 spiro atoms. The number of halogens is 3. The van der Waals surface area contributed by atoms with E-state index in [1.807, 2.05) is 0 Å². The number of hydrogen-bond acceptors (Lipinski definition) is 4. The highest BCUT2D eigenvalue weighted by Gasteiger charge is 2.30. The topological polar surface area (TPSA) is 73.2 Å². The quantitative estimate of drug-likeness (QED) is 0.878. The minimum Gasteiger partial charge on any atom is -0.383 e. The van der Waals surface area contributed by atoms with Crippen LogP contribution in [0.1, 0.15) is 28.7 Å². The standard InChI is InChI=1S/C17H18F3N3O3/c1-10(9-26-3)21-16(25)15-14(24)7-11(2)23(22-15)13-6-4-5-12(8-13)17(18,19)20/h4-8,10H,9H2,1-3H3,(H,21,25)/t10-/m1/s1. The fourth-order valence-corrected chi connectivity index (χ4v) is 2.36. The zero-order valence-corrected chi connectivity index (χ0v) is 14.4. The zero-order valence-electron chi connectivity index (χ0n) is 14.4. The number of methoxy groups -OCH3 is 1. The second-order valence-corrected chi connectivity index (χ2v) is 5.79. The molecular formula is C17H18F3N3O3. The van der Waals surface area contributed by atoms with E-state index in [0.29, 0.717) is 5.69 Å². The Hall–Kier alpha value is -2.68. The molecule has 26 heavy (non-hydrogen) atoms. The summed E-state index contributed by atoms with van der Waals surface area (Å²) in [6.07, 6.45) is -4.52. The van der Waals surface area contributed by atoms with Crippen molar-refractivity contribution in [1.29, 1.82) is 0 Å². The van der Waals surface area contributed by atoms with E-state index in [0.717, 1.165) is 22.9 Å². The van der Waals surface area contributed by atoms with Crippen molar-refractivity contribution in [1.82, 2.24) is 15.1 Å². The molecule has 1 N–H and O–H groups in total. The van der Waals surface area contributed by atoms with E-state index in [1.165, 1.54) is 26.2 Å². The van der Waals surface area contributed by atoms with E-state index >= 15 is 0 Å². The van der Waals surface area contributed by atoms with E-state index in [4.69, 9.17) is 4.74 Å². The highest BCUT2D eigenvalue weighted by Crippen LogP contribution is 2.30. The van der Waals surface area contributed by atoms with Gasteiger partial charge in [-0.2, -0.15) is 18.3 Å². The maximum atomic E-state index is 12.9. The Kier molecular flexibility index (Phi) is 5.81. The summed E-state index contributed by atoms with van der Waals surface area (Å²) in [6, 6.07) is 5.27. The van der Waals surface area contributed by atoms with Crippen molar-refractivity contribution in [3.05, 3.63) is 57.5 Å². The zero-order chi connectivity index (χ0) is 19.5. The first-order valence-corrected chi connectivity index (χ1v) is 7.72. The van der Waals surface area contributed by atoms with Gasteiger partial charge in [-0.3, -0.25) is 9.59 Å². The van der Waals surface area contributed by atoms with Crippen LogP contribution in [0.3, 0.4) is 0 Å². The highest BCUT2D eigenvalue weighted by molar-refractivity contribution is 5.92. The van der Waals surface area contributed by atoms with Gasteiger partial charge in [-0.05, 0) is 32.0 Å². The Morgan fingerprint density at radius 3 is 2.65 bits per heavy atom. The van der Waals surface area contributed by atoms with Gasteiger partial charge in [0.15, 0.2) is 5.69 Å². The summed E-state index contributed by atoms with van der Waals surface area (Å²) in [6.45, 7) is 3.43. The van der Waals surface area contributed by atoms with Crippen LogP contribution in [0.4, 0.5) is 13.2 Å². The number of aromatic nitrogens is 2. The first kappa shape index (κ1) is 19.6. The lowest BCUT2D eigenvalue weighted by Gasteiger charge is -2.15. The molecule has 0 aliphatic rings. The number of alkyl halides is 3. The minimum absolute atomic E-state index is 0.0938. The summed E-state index contributed by atoms with van der Waals surface area (Å²) in [7, 11) is 1.47. The molecule has 1 aromatic heterocycles. The Bertz CT molecular complexity index is 862. The van der Waals surface area contributed by atoms with Gasteiger partial charge >= 0.3 is 6.18 Å². The molecule has 1 amide bonds. The monoisotopic (exact) mass is 369 g/mol. The number of carbonyl (C=O) groups is 1. The highest BCUT2D eigenvalue weighted by atomic mass is 19.4. The minimum atomic E-state index is -4.52. The predicted octanol–water partition coefficient (Wildman–Crippen LogP) is 2.32. The van der Waals surface area contributed by atoms with Crippen molar-refractivity contribution in [3.8, 4) is 5.69 Å². The molecule has 0 aliphatic heterocycles. The first-order valence-electron chi connectivity index (χ1n) is 7.72. The summed E-state index contributed by atoms with van der Waals surface area (Å²) in [5.74, 6) is -0.722. The van der Waals surface area contributed by atoms with Gasteiger partial charge in [0.05, 0.1) is 17.9 Å². The molecule has 1 atom stereocenters. The third-order valence-electron chi connectivity index (χ3n) is 3.53. The number of carbonyl (C=O) groups excluding carboxylic acids is 1. The number of nitrogens with one attached hydrogen (secondary N) is 1. The molecule has 9 heteroatoms. The van der Waals surface area contributed by atoms with Crippen LogP contribution in [0.5, 0.6) is 0 Å². The van der Waals surface area contributed by atoms with E-state index in [2.05, 4.69) is 10.4 Å². The number of hydrogen-bond donors (Lipinski definition) is 1. The van der Waals surface area contributed by atoms with Crippen molar-refractivity contribution in [2.45, 2.75) is 26.1 Å². The summed E-state index contributed by atoms with van der Waals surface area (Å²) < 4.78 is 44.8. The van der Waals surface area contributed by atoms with Crippen LogP contribution in [-0.4, -0.2) is 35.4 Å². The van der Waals surface area contributed by atoms with Crippen molar-refractivity contribution in [3.63, 3.8) is 0 Å². The number of rotatable bonds is 5. The van der Waals surface area contributed by atoms with Gasteiger partial charge in [0.1, 0.15) is 0 Å². The Morgan fingerprint density at radius 2 is 2.04 bits per heavy atom. The average molecular weight is 369 g/mol. The molecular weight excluding hydrogens is 351 g/mol. The molecule has 1 aromatic carbocycles. The lowest BCUT2D eigenvalue weighted by atomic mass is 10.2. The molecule has 1 heterocycles. The van der Waals surface area contributed by atoms with Crippen molar-refractivity contribution >= 4 is 5.91 Å². The van der Waals surface area contributed by atoms with Gasteiger partial charge < -0.3 is 10.1 Å². The van der Waals surface area contributed by atoms with Gasteiger partial charge in [-0.15, -0.1) is 0 Å². The molecule has 0 bridgehead atoms. The third-order valence-corrected chi connectivity index (χ3v) is 3.53. The number of nitrogens with zero attached hydrogens (tertiary/aromatic N) is 2. The van der Waals surface area contributed by atoms with Crippen LogP contribution < -0.4 is 10.7 Å². The number of aryl methyl sites for hydroxylation is 1. The van der Waals surface area contributed by atoms with Crippen molar-refractivity contribution in [2.24, 2.45) is 0 Å². The smallest absolute Gasteiger partial charge is 0.383 e. The number of amides is 1. The molecule has 2 aromatic rings. The molecule has 0 saturated heterocycles. The Labute approximate surface area is 147 Å². The molecule has 6 nitrogen and oxygen atoms in total. The molecule has 0 radical (unpaired) electrons. The molecule has 2 rings (SSSR count). The van der Waals surface area contributed by atoms with Gasteiger partial charge in [-0.25, -0.2) is 4.68 Å². The molecule has 0 saturated carbocycles. The van der Waals surface area contributed by atoms with Crippen LogP contribution in [-0.2, 0) is 10.9 Å². The van der Waals surface area contributed by atoms with Gasteiger partial charge in [0.25, 0.3) is 5.91 Å². The van der Waals surface area contributed by atoms with Crippen LogP contribution in [0.15, 0.2) is 35.1 Å². The lowest BCUT2D eigenvalue weighted by molar-refractivity contribution is -0.137. The van der Waals surface area contributed by atoms with Crippen LogP contribution in [0, 0.1) is 6.92 Å². The van der Waals surface area contributed by atoms with E-state index in [1.54, 1.807) is 6.92 Å². The van der Waals surface area contributed by atoms with Crippen molar-refractivity contribution in [2.75, 3.05) is 13.7 Å². The molecule has 0 unspecified atom stereocenters. The number of benzene rings is 1. The fourth-order valence-electron chi connectivity index (χ4n) is 2.36. The van der Waals surface area contributed by atoms with Crippen LogP contribution >= 0.6 is 0 Å². The van der Waals surface area contributed by atoms with Crippen LogP contribution in [0.2, 0.25) is 0 Å². The van der Waals surface area contributed by atoms with Crippen LogP contribution in [0.25, 0.3) is 5.69 Å². The summed E-state index contributed by atoms with van der Waals surface area (Å²) >= 11 is 0. The molecule has 0 aliphatic carbocycles. The van der Waals surface area contributed by atoms with Gasteiger partial charge in [-0.1, -0.05) is 6.07 Å². The summed E-state index contributed by atoms with van der Waals surface area (Å²) in [4.78, 5) is 24.3. The SMILES string of the molecule is COC[C@@H](C)NC(=O)c1nn(-c2cccc(C(F)(F)F)c2)c(C)cc1=O. The fraction of sp³-hybridized carbons (Fsp3) is 0.353. The predicted molar refractivity (Wildman–Crippen MR) is 88.4 cm³/mol. The molecule has 140 valence electrons. The van der Waals surface area contributed by atoms with E-state index < -0.39 is 28.8 Å². The van der Waals surface area contributed by atoms with Gasteiger partial charge in [0.2, 0.25) is 5.43 Å². The van der Waals surface area contributed by atoms with E-state index in [-0.39, 0.29) is 18.3 Å². The maximum absolute atomic E-state index is 12.9. The Balaban J connectivity index is 2.45. The second kappa shape index (κ2) is 7.69. The summed E-state index contributed by atoms with van der Waals surface area (Å²) in [5, 5.41) is 6.51. The normalized spacial score (nSPS) is 12.7. The average Bonchev–Trinajstić information content (AvgIpc) is 2.54. The summed E-state index contributed by atoms with van der Waals surface area (Å²) in [5.41, 5.74) is -1.48. The second-order valence-electron chi connectivity index (χ2n) is 5.79. The van der Waals surface area contributed by atoms with Gasteiger partial charge in [0, 0.05) is 24.9 Å². The first-order chi connectivity index (χ1) is 12.1. The lowest BCUT2D eigenvalue weighted by Crippen LogP contribution is -2.39. The Morgan fingerprint density at radius 1 is 1.35 bits per heavy atom.